The second-order valence-electron chi connectivity index (χ2n) is 16.3. The largest absolute Gasteiger partial charge is 0.545 e. The number of carbonyl (C=O) groups excluding carboxylic acids is 3. The van der Waals surface area contributed by atoms with Gasteiger partial charge in [0.05, 0.1) is 40.3 Å². The SMILES string of the molecule is CC/C=C\C/C=C\C/C=C\C/C=C\CCCCCCCCCCCCCCC(=O)OC(COC(=O)CCCCCCCCC)COC(OCC[N+](C)(C)C)C(=O)[O-]. The van der Waals surface area contributed by atoms with Gasteiger partial charge in [0.1, 0.15) is 13.2 Å². The number of unbranched alkanes of at least 4 members (excludes halogenated alkanes) is 18. The van der Waals surface area contributed by atoms with E-state index in [9.17, 15) is 19.5 Å². The van der Waals surface area contributed by atoms with Crippen LogP contribution < -0.4 is 5.11 Å². The minimum atomic E-state index is -1.62. The highest BCUT2D eigenvalue weighted by Crippen LogP contribution is 2.15. The van der Waals surface area contributed by atoms with E-state index in [-0.39, 0.29) is 32.2 Å². The molecular formula is C48H85NO8. The van der Waals surface area contributed by atoms with Crippen molar-refractivity contribution >= 4 is 17.9 Å². The molecule has 330 valence electrons. The highest BCUT2D eigenvalue weighted by molar-refractivity contribution is 5.70. The van der Waals surface area contributed by atoms with E-state index in [0.29, 0.717) is 23.9 Å². The van der Waals surface area contributed by atoms with E-state index < -0.39 is 24.3 Å². The topological polar surface area (TPSA) is 111 Å². The lowest BCUT2D eigenvalue weighted by Crippen LogP contribution is -2.44. The Morgan fingerprint density at radius 2 is 1.00 bits per heavy atom. The maximum atomic E-state index is 12.7. The number of likely N-dealkylation sites (N-methyl/N-ethyl adjacent to an activating group) is 1. The summed E-state index contributed by atoms with van der Waals surface area (Å²) in [5.41, 5.74) is 0. The third-order valence-electron chi connectivity index (χ3n) is 9.59. The first-order chi connectivity index (χ1) is 27.6. The van der Waals surface area contributed by atoms with Gasteiger partial charge in [0.15, 0.2) is 12.4 Å². The summed E-state index contributed by atoms with van der Waals surface area (Å²) in [7, 11) is 5.90. The van der Waals surface area contributed by atoms with Crippen LogP contribution in [0.4, 0.5) is 0 Å². The van der Waals surface area contributed by atoms with Crippen LogP contribution in [0.1, 0.15) is 181 Å². The minimum absolute atomic E-state index is 0.147. The maximum Gasteiger partial charge on any atom is 0.306 e. The van der Waals surface area contributed by atoms with Crippen LogP contribution in [0.5, 0.6) is 0 Å². The monoisotopic (exact) mass is 804 g/mol. The van der Waals surface area contributed by atoms with Crippen molar-refractivity contribution in [2.45, 2.75) is 193 Å². The highest BCUT2D eigenvalue weighted by Gasteiger charge is 2.21. The van der Waals surface area contributed by atoms with Crippen LogP contribution in [-0.4, -0.2) is 82.3 Å². The molecule has 0 aliphatic rings. The van der Waals surface area contributed by atoms with Crippen molar-refractivity contribution in [3.05, 3.63) is 48.6 Å². The van der Waals surface area contributed by atoms with Crippen molar-refractivity contribution in [1.82, 2.24) is 0 Å². The van der Waals surface area contributed by atoms with Crippen molar-refractivity contribution in [3.63, 3.8) is 0 Å². The molecule has 0 aliphatic carbocycles. The van der Waals surface area contributed by atoms with E-state index in [0.717, 1.165) is 64.2 Å². The smallest absolute Gasteiger partial charge is 0.306 e. The molecule has 2 atom stereocenters. The second-order valence-corrected chi connectivity index (χ2v) is 16.3. The molecule has 2 unspecified atom stereocenters. The predicted molar refractivity (Wildman–Crippen MR) is 232 cm³/mol. The standard InChI is InChI=1S/C48H85NO8/c1-6-8-10-12-14-15-16-17-18-19-20-21-22-23-24-25-26-27-28-29-30-31-33-35-37-39-46(51)57-44(42-55-45(50)38-36-34-32-13-11-9-7-2)43-56-48(47(52)53)54-41-40-49(3,4)5/h8,10,14-15,17-18,20-21,44,48H,6-7,9,11-13,16,19,22-43H2,1-5H3/b10-8-,15-14-,18-17-,21-20-. The summed E-state index contributed by atoms with van der Waals surface area (Å²) in [6, 6.07) is 0. The Hall–Kier alpha value is -2.75. The molecule has 0 rings (SSSR count). The number of rotatable bonds is 41. The van der Waals surface area contributed by atoms with Crippen molar-refractivity contribution < 1.29 is 42.9 Å². The number of quaternary nitrogens is 1. The molecule has 57 heavy (non-hydrogen) atoms. The lowest BCUT2D eigenvalue weighted by atomic mass is 10.0. The van der Waals surface area contributed by atoms with Gasteiger partial charge in [-0.1, -0.05) is 165 Å². The van der Waals surface area contributed by atoms with Gasteiger partial charge in [0.25, 0.3) is 0 Å². The van der Waals surface area contributed by atoms with E-state index >= 15 is 0 Å². The Morgan fingerprint density at radius 3 is 1.49 bits per heavy atom. The average Bonchev–Trinajstić information content (AvgIpc) is 3.17. The van der Waals surface area contributed by atoms with E-state index in [2.05, 4.69) is 62.5 Å². The van der Waals surface area contributed by atoms with Gasteiger partial charge >= 0.3 is 11.9 Å². The predicted octanol–water partition coefficient (Wildman–Crippen LogP) is 10.7. The molecule has 0 aromatic rings. The molecule has 0 spiro atoms. The molecule has 0 N–H and O–H groups in total. The van der Waals surface area contributed by atoms with Crippen molar-refractivity contribution in [3.8, 4) is 0 Å². The minimum Gasteiger partial charge on any atom is -0.545 e. The van der Waals surface area contributed by atoms with Gasteiger partial charge in [0.2, 0.25) is 0 Å². The van der Waals surface area contributed by atoms with Gasteiger partial charge in [-0.2, -0.15) is 0 Å². The van der Waals surface area contributed by atoms with Crippen LogP contribution in [0, 0.1) is 0 Å². The summed E-state index contributed by atoms with van der Waals surface area (Å²) in [6.07, 6.45) is 43.1. The Morgan fingerprint density at radius 1 is 0.544 bits per heavy atom. The van der Waals surface area contributed by atoms with Crippen molar-refractivity contribution in [1.29, 1.82) is 0 Å². The molecule has 0 saturated heterocycles. The Balaban J connectivity index is 4.20. The average molecular weight is 804 g/mol. The van der Waals surface area contributed by atoms with Crippen molar-refractivity contribution in [2.75, 3.05) is 47.5 Å². The third-order valence-corrected chi connectivity index (χ3v) is 9.59. The molecule has 0 heterocycles. The van der Waals surface area contributed by atoms with Gasteiger partial charge < -0.3 is 33.3 Å². The Labute approximate surface area is 349 Å². The summed E-state index contributed by atoms with van der Waals surface area (Å²) in [4.78, 5) is 36.8. The first-order valence-electron chi connectivity index (χ1n) is 22.8. The quantitative estimate of drug-likeness (QED) is 0.0197. The molecule has 0 bridgehead atoms. The lowest BCUT2D eigenvalue weighted by molar-refractivity contribution is -0.870. The Bertz CT molecular complexity index is 1080. The Kier molecular flexibility index (Phi) is 38.1. The van der Waals surface area contributed by atoms with E-state index in [1.165, 1.54) is 83.5 Å². The van der Waals surface area contributed by atoms with Crippen LogP contribution in [0.15, 0.2) is 48.6 Å². The number of ether oxygens (including phenoxy) is 4. The van der Waals surface area contributed by atoms with E-state index in [1.54, 1.807) is 0 Å². The third kappa shape index (κ3) is 41.2. The summed E-state index contributed by atoms with van der Waals surface area (Å²) in [6.45, 7) is 4.57. The van der Waals surface area contributed by atoms with Gasteiger partial charge in [-0.15, -0.1) is 0 Å². The van der Waals surface area contributed by atoms with Crippen LogP contribution >= 0.6 is 0 Å². The summed E-state index contributed by atoms with van der Waals surface area (Å²) in [5, 5.41) is 11.7. The van der Waals surface area contributed by atoms with Crippen molar-refractivity contribution in [2.24, 2.45) is 0 Å². The van der Waals surface area contributed by atoms with Gasteiger partial charge in [-0.05, 0) is 51.4 Å². The second kappa shape index (κ2) is 40.0. The van der Waals surface area contributed by atoms with Crippen LogP contribution in [0.3, 0.4) is 0 Å². The molecule has 9 heteroatoms. The van der Waals surface area contributed by atoms with E-state index in [1.807, 2.05) is 21.1 Å². The fraction of sp³-hybridized carbons (Fsp3) is 0.771. The number of carboxylic acid groups (broad SMARTS) is 1. The molecule has 0 fully saturated rings. The normalized spacial score (nSPS) is 13.4. The fourth-order valence-electron chi connectivity index (χ4n) is 6.05. The highest BCUT2D eigenvalue weighted by atomic mass is 16.7. The van der Waals surface area contributed by atoms with Crippen LogP contribution in [0.2, 0.25) is 0 Å². The molecule has 0 aromatic carbocycles. The molecule has 0 amide bonds. The summed E-state index contributed by atoms with van der Waals surface area (Å²) in [5.74, 6) is -2.29. The molecule has 0 radical (unpaired) electrons. The number of nitrogens with zero attached hydrogens (tertiary/aromatic N) is 1. The molecule has 0 saturated carbocycles. The number of hydrogen-bond acceptors (Lipinski definition) is 8. The number of carbonyl (C=O) groups is 3. The maximum absolute atomic E-state index is 12.7. The van der Waals surface area contributed by atoms with Crippen LogP contribution in [0.25, 0.3) is 0 Å². The number of esters is 2. The number of aliphatic carboxylic acids is 1. The lowest BCUT2D eigenvalue weighted by Gasteiger charge is -2.26. The number of hydrogen-bond donors (Lipinski definition) is 0. The van der Waals surface area contributed by atoms with E-state index in [4.69, 9.17) is 18.9 Å². The van der Waals surface area contributed by atoms with Gasteiger partial charge in [0, 0.05) is 12.8 Å². The van der Waals surface area contributed by atoms with Crippen LogP contribution in [-0.2, 0) is 33.3 Å². The molecule has 9 nitrogen and oxygen atoms in total. The summed E-state index contributed by atoms with van der Waals surface area (Å²) >= 11 is 0. The van der Waals surface area contributed by atoms with Gasteiger partial charge in [-0.3, -0.25) is 9.59 Å². The number of carboxylic acids is 1. The van der Waals surface area contributed by atoms with Gasteiger partial charge in [-0.25, -0.2) is 0 Å². The molecule has 0 aromatic heterocycles. The first-order valence-corrected chi connectivity index (χ1v) is 22.8. The number of allylic oxidation sites excluding steroid dienone is 8. The zero-order valence-corrected chi connectivity index (χ0v) is 37.2. The first kappa shape index (κ1) is 54.2. The zero-order valence-electron chi connectivity index (χ0n) is 37.2. The fourth-order valence-corrected chi connectivity index (χ4v) is 6.05. The zero-order chi connectivity index (χ0) is 42.1. The summed E-state index contributed by atoms with van der Waals surface area (Å²) < 4.78 is 22.5. The molecule has 0 aliphatic heterocycles. The molecular weight excluding hydrogens is 719 g/mol.